The Morgan fingerprint density at radius 1 is 1.15 bits per heavy atom. The van der Waals surface area contributed by atoms with Crippen LogP contribution in [-0.4, -0.2) is 23.1 Å². The highest BCUT2D eigenvalue weighted by molar-refractivity contribution is 5.59. The second-order valence-electron chi connectivity index (χ2n) is 5.79. The van der Waals surface area contributed by atoms with Crippen molar-refractivity contribution < 1.29 is 0 Å². The van der Waals surface area contributed by atoms with Crippen LogP contribution in [0.3, 0.4) is 0 Å². The first-order valence-electron chi connectivity index (χ1n) is 6.89. The molecule has 0 spiro atoms. The maximum atomic E-state index is 5.55. The van der Waals surface area contributed by atoms with Gasteiger partial charge in [-0.25, -0.2) is 9.97 Å². The van der Waals surface area contributed by atoms with E-state index in [0.717, 1.165) is 29.3 Å². The molecule has 2 rings (SSSR count). The molecule has 0 aliphatic carbocycles. The Morgan fingerprint density at radius 2 is 1.85 bits per heavy atom. The molecule has 2 aromatic rings. The summed E-state index contributed by atoms with van der Waals surface area (Å²) >= 11 is 0. The van der Waals surface area contributed by atoms with Crippen LogP contribution < -0.4 is 11.1 Å². The van der Waals surface area contributed by atoms with Crippen LogP contribution in [0.5, 0.6) is 0 Å². The van der Waals surface area contributed by atoms with Gasteiger partial charge in [0.1, 0.15) is 0 Å². The Kier molecular flexibility index (Phi) is 4.35. The number of anilines is 1. The molecular weight excluding hydrogens is 248 g/mol. The van der Waals surface area contributed by atoms with Gasteiger partial charge < -0.3 is 11.1 Å². The van der Waals surface area contributed by atoms with Crippen molar-refractivity contribution in [1.29, 1.82) is 0 Å². The Hall–Kier alpha value is -1.94. The number of benzene rings is 1. The summed E-state index contributed by atoms with van der Waals surface area (Å²) in [6, 6.07) is 10.0. The molecule has 0 unspecified atom stereocenters. The normalized spacial score (nSPS) is 11.4. The molecule has 0 amide bonds. The van der Waals surface area contributed by atoms with Crippen LogP contribution in [0.15, 0.2) is 36.5 Å². The van der Waals surface area contributed by atoms with Crippen molar-refractivity contribution in [2.75, 3.05) is 18.4 Å². The lowest BCUT2D eigenvalue weighted by atomic mass is 9.90. The quantitative estimate of drug-likeness (QED) is 0.896. The summed E-state index contributed by atoms with van der Waals surface area (Å²) in [6.45, 7) is 7.76. The van der Waals surface area contributed by atoms with Gasteiger partial charge in [-0.1, -0.05) is 51.1 Å². The molecule has 20 heavy (non-hydrogen) atoms. The van der Waals surface area contributed by atoms with Crippen LogP contribution in [0.2, 0.25) is 0 Å². The maximum Gasteiger partial charge on any atom is 0.159 e. The van der Waals surface area contributed by atoms with E-state index in [0.29, 0.717) is 6.54 Å². The van der Waals surface area contributed by atoms with Gasteiger partial charge in [-0.15, -0.1) is 0 Å². The van der Waals surface area contributed by atoms with Gasteiger partial charge >= 0.3 is 0 Å². The predicted molar refractivity (Wildman–Crippen MR) is 83.7 cm³/mol. The molecule has 0 fully saturated rings. The number of nitrogens with one attached hydrogen (secondary N) is 1. The van der Waals surface area contributed by atoms with Crippen molar-refractivity contribution in [1.82, 2.24) is 9.97 Å². The van der Waals surface area contributed by atoms with E-state index in [1.165, 1.54) is 0 Å². The average molecular weight is 270 g/mol. The fourth-order valence-corrected chi connectivity index (χ4v) is 2.02. The molecule has 4 heteroatoms. The minimum absolute atomic E-state index is 0.0522. The summed E-state index contributed by atoms with van der Waals surface area (Å²) in [5.74, 6) is 0.758. The van der Waals surface area contributed by atoms with Crippen molar-refractivity contribution in [3.63, 3.8) is 0 Å². The van der Waals surface area contributed by atoms with Crippen LogP contribution in [0, 0.1) is 0 Å². The number of hydrogen-bond acceptors (Lipinski definition) is 4. The molecule has 3 N–H and O–H groups in total. The minimum Gasteiger partial charge on any atom is -0.381 e. The monoisotopic (exact) mass is 270 g/mol. The van der Waals surface area contributed by atoms with Crippen molar-refractivity contribution in [3.05, 3.63) is 42.2 Å². The molecule has 0 saturated carbocycles. The Balaban J connectivity index is 2.44. The molecular formula is C16H22N4. The highest BCUT2D eigenvalue weighted by Crippen LogP contribution is 2.29. The standard InChI is InChI=1S/C16H22N4/c1-16(2,3)14-13(18-10-9-17)11-19-15(20-14)12-7-5-4-6-8-12/h4-8,11,18H,9-10,17H2,1-3H3. The third kappa shape index (κ3) is 3.33. The lowest BCUT2D eigenvalue weighted by Crippen LogP contribution is -2.21. The van der Waals surface area contributed by atoms with Gasteiger partial charge in [-0.05, 0) is 0 Å². The van der Waals surface area contributed by atoms with Gasteiger partial charge in [0.25, 0.3) is 0 Å². The van der Waals surface area contributed by atoms with Crippen LogP contribution in [0.4, 0.5) is 5.69 Å². The van der Waals surface area contributed by atoms with E-state index in [-0.39, 0.29) is 5.41 Å². The van der Waals surface area contributed by atoms with Gasteiger partial charge in [0, 0.05) is 24.1 Å². The summed E-state index contributed by atoms with van der Waals surface area (Å²) < 4.78 is 0. The molecule has 0 atom stereocenters. The summed E-state index contributed by atoms with van der Waals surface area (Å²) in [4.78, 5) is 9.21. The van der Waals surface area contributed by atoms with Crippen LogP contribution in [-0.2, 0) is 5.41 Å². The molecule has 1 heterocycles. The topological polar surface area (TPSA) is 63.8 Å². The van der Waals surface area contributed by atoms with E-state index in [4.69, 9.17) is 10.7 Å². The summed E-state index contributed by atoms with van der Waals surface area (Å²) in [6.07, 6.45) is 1.85. The average Bonchev–Trinajstić information content (AvgIpc) is 2.45. The zero-order valence-electron chi connectivity index (χ0n) is 12.4. The van der Waals surface area contributed by atoms with Crippen molar-refractivity contribution >= 4 is 5.69 Å². The predicted octanol–water partition coefficient (Wildman–Crippen LogP) is 2.81. The molecule has 0 bridgehead atoms. The molecule has 106 valence electrons. The smallest absolute Gasteiger partial charge is 0.159 e. The van der Waals surface area contributed by atoms with E-state index in [9.17, 15) is 0 Å². The fourth-order valence-electron chi connectivity index (χ4n) is 2.02. The van der Waals surface area contributed by atoms with E-state index in [1.807, 2.05) is 36.5 Å². The molecule has 0 aliphatic rings. The first-order valence-corrected chi connectivity index (χ1v) is 6.89. The van der Waals surface area contributed by atoms with Gasteiger partial charge in [0.2, 0.25) is 0 Å². The first-order chi connectivity index (χ1) is 9.52. The number of aromatic nitrogens is 2. The lowest BCUT2D eigenvalue weighted by molar-refractivity contribution is 0.569. The van der Waals surface area contributed by atoms with Crippen molar-refractivity contribution in [2.24, 2.45) is 5.73 Å². The zero-order chi connectivity index (χ0) is 14.6. The zero-order valence-corrected chi connectivity index (χ0v) is 12.4. The molecule has 1 aromatic heterocycles. The highest BCUT2D eigenvalue weighted by Gasteiger charge is 2.21. The largest absolute Gasteiger partial charge is 0.381 e. The third-order valence-corrected chi connectivity index (χ3v) is 2.99. The second kappa shape index (κ2) is 6.01. The number of rotatable bonds is 4. The molecule has 0 radical (unpaired) electrons. The Bertz CT molecular complexity index is 558. The van der Waals surface area contributed by atoms with Gasteiger partial charge in [0.15, 0.2) is 5.82 Å². The van der Waals surface area contributed by atoms with E-state index in [1.54, 1.807) is 0 Å². The van der Waals surface area contributed by atoms with Gasteiger partial charge in [0.05, 0.1) is 17.6 Å². The van der Waals surface area contributed by atoms with E-state index in [2.05, 4.69) is 31.1 Å². The SMILES string of the molecule is CC(C)(C)c1nc(-c2ccccc2)ncc1NCCN. The van der Waals surface area contributed by atoms with Crippen LogP contribution >= 0.6 is 0 Å². The lowest BCUT2D eigenvalue weighted by Gasteiger charge is -2.22. The molecule has 1 aromatic carbocycles. The Labute approximate surface area is 120 Å². The fraction of sp³-hybridized carbons (Fsp3) is 0.375. The van der Waals surface area contributed by atoms with E-state index >= 15 is 0 Å². The molecule has 0 aliphatic heterocycles. The maximum absolute atomic E-state index is 5.55. The number of hydrogen-bond donors (Lipinski definition) is 2. The summed E-state index contributed by atoms with van der Waals surface area (Å²) in [7, 11) is 0. The van der Waals surface area contributed by atoms with Crippen LogP contribution in [0.1, 0.15) is 26.5 Å². The van der Waals surface area contributed by atoms with Crippen molar-refractivity contribution in [3.8, 4) is 11.4 Å². The number of nitrogens with zero attached hydrogens (tertiary/aromatic N) is 2. The second-order valence-corrected chi connectivity index (χ2v) is 5.79. The van der Waals surface area contributed by atoms with Gasteiger partial charge in [-0.2, -0.15) is 0 Å². The highest BCUT2D eigenvalue weighted by atomic mass is 15.0. The van der Waals surface area contributed by atoms with Gasteiger partial charge in [-0.3, -0.25) is 0 Å². The van der Waals surface area contributed by atoms with Crippen LogP contribution in [0.25, 0.3) is 11.4 Å². The van der Waals surface area contributed by atoms with Crippen molar-refractivity contribution in [2.45, 2.75) is 26.2 Å². The molecule has 4 nitrogen and oxygen atoms in total. The third-order valence-electron chi connectivity index (χ3n) is 2.99. The number of nitrogens with two attached hydrogens (primary N) is 1. The first kappa shape index (κ1) is 14.5. The minimum atomic E-state index is -0.0522. The molecule has 0 saturated heterocycles. The summed E-state index contributed by atoms with van der Waals surface area (Å²) in [5.41, 5.74) is 8.51. The Morgan fingerprint density at radius 3 is 2.45 bits per heavy atom. The summed E-state index contributed by atoms with van der Waals surface area (Å²) in [5, 5.41) is 3.30. The van der Waals surface area contributed by atoms with E-state index < -0.39 is 0 Å².